The SMILES string of the molecule is CCCc1nc(C(=O)N2CCC(C(C)O)C2)n[nH]1. The smallest absolute Gasteiger partial charge is 0.293 e. The molecule has 0 aromatic carbocycles. The van der Waals surface area contributed by atoms with Gasteiger partial charge in [-0.05, 0) is 19.8 Å². The predicted molar refractivity (Wildman–Crippen MR) is 66.1 cm³/mol. The number of carbonyl (C=O) groups excluding carboxylic acids is 1. The molecule has 0 bridgehead atoms. The van der Waals surface area contributed by atoms with Crippen molar-refractivity contribution >= 4 is 5.91 Å². The molecule has 0 saturated carbocycles. The van der Waals surface area contributed by atoms with Crippen LogP contribution in [0.1, 0.15) is 43.1 Å². The van der Waals surface area contributed by atoms with Gasteiger partial charge in [-0.1, -0.05) is 6.92 Å². The van der Waals surface area contributed by atoms with Crippen molar-refractivity contribution in [3.05, 3.63) is 11.6 Å². The number of rotatable bonds is 4. The summed E-state index contributed by atoms with van der Waals surface area (Å²) in [4.78, 5) is 18.0. The summed E-state index contributed by atoms with van der Waals surface area (Å²) in [6.45, 7) is 5.09. The highest BCUT2D eigenvalue weighted by atomic mass is 16.3. The van der Waals surface area contributed by atoms with Gasteiger partial charge in [0.25, 0.3) is 5.91 Å². The van der Waals surface area contributed by atoms with Gasteiger partial charge >= 0.3 is 0 Å². The molecule has 1 aliphatic rings. The van der Waals surface area contributed by atoms with E-state index >= 15 is 0 Å². The van der Waals surface area contributed by atoms with Crippen LogP contribution in [0.2, 0.25) is 0 Å². The number of hydrogen-bond donors (Lipinski definition) is 2. The molecule has 2 heterocycles. The predicted octanol–water partition coefficient (Wildman–Crippen LogP) is 0.600. The van der Waals surface area contributed by atoms with E-state index in [2.05, 4.69) is 22.1 Å². The van der Waals surface area contributed by atoms with Gasteiger partial charge in [-0.3, -0.25) is 9.89 Å². The van der Waals surface area contributed by atoms with Crippen molar-refractivity contribution in [2.24, 2.45) is 5.92 Å². The zero-order chi connectivity index (χ0) is 13.1. The van der Waals surface area contributed by atoms with Gasteiger partial charge in [-0.2, -0.15) is 0 Å². The minimum atomic E-state index is -0.370. The van der Waals surface area contributed by atoms with Crippen LogP contribution in [0.4, 0.5) is 0 Å². The molecule has 6 nitrogen and oxygen atoms in total. The second-order valence-corrected chi connectivity index (χ2v) is 4.90. The lowest BCUT2D eigenvalue weighted by Crippen LogP contribution is -2.31. The molecule has 6 heteroatoms. The van der Waals surface area contributed by atoms with E-state index in [1.165, 1.54) is 0 Å². The average molecular weight is 252 g/mol. The quantitative estimate of drug-likeness (QED) is 0.822. The molecule has 1 aliphatic heterocycles. The van der Waals surface area contributed by atoms with Crippen molar-refractivity contribution in [2.75, 3.05) is 13.1 Å². The second kappa shape index (κ2) is 5.48. The minimum Gasteiger partial charge on any atom is -0.393 e. The highest BCUT2D eigenvalue weighted by Gasteiger charge is 2.31. The van der Waals surface area contributed by atoms with Crippen LogP contribution in [0.25, 0.3) is 0 Å². The van der Waals surface area contributed by atoms with Crippen LogP contribution in [0, 0.1) is 5.92 Å². The van der Waals surface area contributed by atoms with Crippen LogP contribution in [-0.2, 0) is 6.42 Å². The van der Waals surface area contributed by atoms with Gasteiger partial charge in [0.05, 0.1) is 6.10 Å². The lowest BCUT2D eigenvalue weighted by atomic mass is 10.0. The molecule has 2 rings (SSSR count). The topological polar surface area (TPSA) is 82.1 Å². The lowest BCUT2D eigenvalue weighted by molar-refractivity contribution is 0.0751. The highest BCUT2D eigenvalue weighted by molar-refractivity contribution is 5.90. The molecule has 1 amide bonds. The Hall–Kier alpha value is -1.43. The Morgan fingerprint density at radius 2 is 2.44 bits per heavy atom. The fourth-order valence-electron chi connectivity index (χ4n) is 2.25. The van der Waals surface area contributed by atoms with Crippen LogP contribution in [0.15, 0.2) is 0 Å². The van der Waals surface area contributed by atoms with E-state index in [0.29, 0.717) is 13.1 Å². The summed E-state index contributed by atoms with van der Waals surface area (Å²) >= 11 is 0. The number of H-pyrrole nitrogens is 1. The number of aromatic nitrogens is 3. The molecule has 18 heavy (non-hydrogen) atoms. The normalized spacial score (nSPS) is 21.3. The van der Waals surface area contributed by atoms with Crippen molar-refractivity contribution in [3.63, 3.8) is 0 Å². The van der Waals surface area contributed by atoms with Gasteiger partial charge in [0.1, 0.15) is 5.82 Å². The maximum atomic E-state index is 12.1. The molecular formula is C12H20N4O2. The Kier molecular flexibility index (Phi) is 3.96. The first kappa shape index (κ1) is 13.0. The van der Waals surface area contributed by atoms with Crippen molar-refractivity contribution < 1.29 is 9.90 Å². The van der Waals surface area contributed by atoms with Crippen LogP contribution in [0.3, 0.4) is 0 Å². The molecule has 1 fully saturated rings. The first-order chi connectivity index (χ1) is 8.61. The van der Waals surface area contributed by atoms with E-state index < -0.39 is 0 Å². The molecule has 100 valence electrons. The van der Waals surface area contributed by atoms with Gasteiger partial charge in [0.15, 0.2) is 0 Å². The van der Waals surface area contributed by atoms with Gasteiger partial charge in [-0.25, -0.2) is 4.98 Å². The molecule has 2 atom stereocenters. The number of nitrogens with one attached hydrogen (secondary N) is 1. The number of amides is 1. The number of carbonyl (C=O) groups is 1. The van der Waals surface area contributed by atoms with E-state index in [0.717, 1.165) is 25.1 Å². The van der Waals surface area contributed by atoms with Crippen molar-refractivity contribution in [1.82, 2.24) is 20.1 Å². The third-order valence-electron chi connectivity index (χ3n) is 3.40. The van der Waals surface area contributed by atoms with Crippen molar-refractivity contribution in [1.29, 1.82) is 0 Å². The summed E-state index contributed by atoms with van der Waals surface area (Å²) in [6, 6.07) is 0. The number of hydrogen-bond acceptors (Lipinski definition) is 4. The van der Waals surface area contributed by atoms with E-state index in [1.807, 2.05) is 0 Å². The fourth-order valence-corrected chi connectivity index (χ4v) is 2.25. The highest BCUT2D eigenvalue weighted by Crippen LogP contribution is 2.20. The van der Waals surface area contributed by atoms with Crippen LogP contribution >= 0.6 is 0 Å². The number of nitrogens with zero attached hydrogens (tertiary/aromatic N) is 3. The molecule has 0 spiro atoms. The Bertz CT molecular complexity index is 416. The average Bonchev–Trinajstić information content (AvgIpc) is 2.97. The zero-order valence-corrected chi connectivity index (χ0v) is 10.9. The van der Waals surface area contributed by atoms with Crippen LogP contribution in [0.5, 0.6) is 0 Å². The number of aromatic amines is 1. The minimum absolute atomic E-state index is 0.142. The summed E-state index contributed by atoms with van der Waals surface area (Å²) in [6.07, 6.45) is 2.24. The molecule has 1 saturated heterocycles. The maximum Gasteiger partial charge on any atom is 0.293 e. The van der Waals surface area contributed by atoms with Crippen LogP contribution in [-0.4, -0.2) is 50.3 Å². The maximum absolute atomic E-state index is 12.1. The Balaban J connectivity index is 1.99. The fraction of sp³-hybridized carbons (Fsp3) is 0.750. The van der Waals surface area contributed by atoms with Gasteiger partial charge in [-0.15, -0.1) is 5.10 Å². The summed E-state index contributed by atoms with van der Waals surface area (Å²) in [5.41, 5.74) is 0. The van der Waals surface area contributed by atoms with E-state index in [4.69, 9.17) is 0 Å². The number of aliphatic hydroxyl groups is 1. The molecular weight excluding hydrogens is 232 g/mol. The molecule has 1 aromatic heterocycles. The summed E-state index contributed by atoms with van der Waals surface area (Å²) in [5.74, 6) is 1.02. The molecule has 2 N–H and O–H groups in total. The first-order valence-electron chi connectivity index (χ1n) is 6.50. The van der Waals surface area contributed by atoms with Gasteiger partial charge in [0, 0.05) is 25.4 Å². The molecule has 0 radical (unpaired) electrons. The monoisotopic (exact) mass is 252 g/mol. The van der Waals surface area contributed by atoms with E-state index in [9.17, 15) is 9.90 Å². The van der Waals surface area contributed by atoms with Gasteiger partial charge in [0.2, 0.25) is 5.82 Å². The summed E-state index contributed by atoms with van der Waals surface area (Å²) in [7, 11) is 0. The third kappa shape index (κ3) is 2.69. The molecule has 2 unspecified atom stereocenters. The largest absolute Gasteiger partial charge is 0.393 e. The molecule has 1 aromatic rings. The Labute approximate surface area is 106 Å². The number of aliphatic hydroxyl groups excluding tert-OH is 1. The second-order valence-electron chi connectivity index (χ2n) is 4.90. The molecule has 0 aliphatic carbocycles. The number of aryl methyl sites for hydroxylation is 1. The Morgan fingerprint density at radius 3 is 3.06 bits per heavy atom. The van der Waals surface area contributed by atoms with Gasteiger partial charge < -0.3 is 10.0 Å². The lowest BCUT2D eigenvalue weighted by Gasteiger charge is -2.15. The van der Waals surface area contributed by atoms with E-state index in [1.54, 1.807) is 11.8 Å². The van der Waals surface area contributed by atoms with Crippen LogP contribution < -0.4 is 0 Å². The summed E-state index contributed by atoms with van der Waals surface area (Å²) in [5, 5.41) is 16.3. The Morgan fingerprint density at radius 1 is 1.67 bits per heavy atom. The van der Waals surface area contributed by atoms with Crippen molar-refractivity contribution in [2.45, 2.75) is 39.2 Å². The van der Waals surface area contributed by atoms with Crippen molar-refractivity contribution in [3.8, 4) is 0 Å². The number of likely N-dealkylation sites (tertiary alicyclic amines) is 1. The third-order valence-corrected chi connectivity index (χ3v) is 3.40. The van der Waals surface area contributed by atoms with E-state index in [-0.39, 0.29) is 23.8 Å². The standard InChI is InChI=1S/C12H20N4O2/c1-3-4-10-13-11(15-14-10)12(18)16-6-5-9(7-16)8(2)17/h8-9,17H,3-7H2,1-2H3,(H,13,14,15). The summed E-state index contributed by atoms with van der Waals surface area (Å²) < 4.78 is 0. The first-order valence-corrected chi connectivity index (χ1v) is 6.50. The zero-order valence-electron chi connectivity index (χ0n) is 10.9.